The van der Waals surface area contributed by atoms with E-state index in [-0.39, 0.29) is 10.8 Å². The van der Waals surface area contributed by atoms with Crippen LogP contribution in [-0.2, 0) is 14.8 Å². The summed E-state index contributed by atoms with van der Waals surface area (Å²) in [7, 11) is -3.68. The van der Waals surface area contributed by atoms with Crippen LogP contribution < -0.4 is 10.1 Å². The second-order valence-corrected chi connectivity index (χ2v) is 9.78. The first-order chi connectivity index (χ1) is 13.4. The number of carbonyl (C=O) groups is 1. The number of hydrogen-bond donors (Lipinski definition) is 1. The van der Waals surface area contributed by atoms with Gasteiger partial charge in [0, 0.05) is 25.2 Å². The fourth-order valence-corrected chi connectivity index (χ4v) is 6.46. The number of ether oxygens (including phenoxy) is 1. The summed E-state index contributed by atoms with van der Waals surface area (Å²) >= 11 is 0. The Kier molecular flexibility index (Phi) is 6.65. The lowest BCUT2D eigenvalue weighted by molar-refractivity contribution is -0.117. The molecule has 1 aromatic carbocycles. The molecular weight excluding hydrogens is 376 g/mol. The molecule has 28 heavy (non-hydrogen) atoms. The Labute approximate surface area is 168 Å². The lowest BCUT2D eigenvalue weighted by Crippen LogP contribution is -2.31. The van der Waals surface area contributed by atoms with Crippen LogP contribution in [0.15, 0.2) is 23.1 Å². The zero-order chi connectivity index (χ0) is 20.3. The lowest BCUT2D eigenvalue weighted by atomic mass is 9.86. The standard InChI is InChI=1S/C21H32N2O4S/c1-4-23(5-2)28(25,26)20-14-18(9-10-19(20)27-6-3)22-21(24)13-17-12-15-7-8-16(17)11-15/h9-10,14-17H,4-8,11-13H2,1-3H3,(H,22,24). The van der Waals surface area contributed by atoms with E-state index in [1.807, 2.05) is 20.8 Å². The maximum absolute atomic E-state index is 13.0. The molecule has 0 saturated heterocycles. The summed E-state index contributed by atoms with van der Waals surface area (Å²) in [4.78, 5) is 12.7. The summed E-state index contributed by atoms with van der Waals surface area (Å²) in [6, 6.07) is 4.87. The van der Waals surface area contributed by atoms with Crippen LogP contribution in [0.25, 0.3) is 0 Å². The van der Waals surface area contributed by atoms with E-state index < -0.39 is 10.0 Å². The molecule has 3 unspecified atom stereocenters. The van der Waals surface area contributed by atoms with Gasteiger partial charge in [0.1, 0.15) is 10.6 Å². The third kappa shape index (κ3) is 4.35. The number of fused-ring (bicyclic) bond motifs is 2. The average Bonchev–Trinajstić information content (AvgIpc) is 3.27. The summed E-state index contributed by atoms with van der Waals surface area (Å²) in [5.74, 6) is 2.25. The van der Waals surface area contributed by atoms with Gasteiger partial charge in [-0.15, -0.1) is 0 Å². The van der Waals surface area contributed by atoms with E-state index in [1.165, 1.54) is 29.6 Å². The van der Waals surface area contributed by atoms with Gasteiger partial charge in [0.2, 0.25) is 15.9 Å². The Balaban J connectivity index is 1.77. The van der Waals surface area contributed by atoms with E-state index in [0.29, 0.717) is 49.4 Å². The van der Waals surface area contributed by atoms with Crippen molar-refractivity contribution in [3.63, 3.8) is 0 Å². The molecule has 2 saturated carbocycles. The number of sulfonamides is 1. The van der Waals surface area contributed by atoms with Gasteiger partial charge < -0.3 is 10.1 Å². The van der Waals surface area contributed by atoms with E-state index in [9.17, 15) is 13.2 Å². The molecule has 0 aliphatic heterocycles. The monoisotopic (exact) mass is 408 g/mol. The SMILES string of the molecule is CCOc1ccc(NC(=O)CC2CC3CCC2C3)cc1S(=O)(=O)N(CC)CC. The zero-order valence-electron chi connectivity index (χ0n) is 17.1. The van der Waals surface area contributed by atoms with E-state index in [2.05, 4.69) is 5.32 Å². The third-order valence-corrected chi connectivity index (χ3v) is 8.25. The quantitative estimate of drug-likeness (QED) is 0.673. The van der Waals surface area contributed by atoms with Gasteiger partial charge in [-0.2, -0.15) is 4.31 Å². The Morgan fingerprint density at radius 3 is 2.50 bits per heavy atom. The molecule has 0 spiro atoms. The first kappa shape index (κ1) is 21.1. The van der Waals surface area contributed by atoms with Crippen molar-refractivity contribution in [1.82, 2.24) is 4.31 Å². The minimum atomic E-state index is -3.68. The van der Waals surface area contributed by atoms with Crippen molar-refractivity contribution in [3.8, 4) is 5.75 Å². The molecule has 0 radical (unpaired) electrons. The average molecular weight is 409 g/mol. The van der Waals surface area contributed by atoms with Crippen molar-refractivity contribution < 1.29 is 17.9 Å². The second kappa shape index (κ2) is 8.82. The molecule has 2 aliphatic rings. The second-order valence-electron chi connectivity index (χ2n) is 7.87. The summed E-state index contributed by atoms with van der Waals surface area (Å²) in [5, 5.41) is 2.91. The molecule has 1 aromatic rings. The molecule has 1 N–H and O–H groups in total. The van der Waals surface area contributed by atoms with Crippen molar-refractivity contribution >= 4 is 21.6 Å². The van der Waals surface area contributed by atoms with Crippen LogP contribution in [0.4, 0.5) is 5.69 Å². The van der Waals surface area contributed by atoms with Crippen molar-refractivity contribution in [2.24, 2.45) is 17.8 Å². The molecule has 2 fully saturated rings. The minimum Gasteiger partial charge on any atom is -0.492 e. The van der Waals surface area contributed by atoms with Crippen LogP contribution in [0.3, 0.4) is 0 Å². The largest absolute Gasteiger partial charge is 0.492 e. The maximum atomic E-state index is 13.0. The third-order valence-electron chi connectivity index (χ3n) is 6.18. The van der Waals surface area contributed by atoms with Crippen molar-refractivity contribution in [3.05, 3.63) is 18.2 Å². The Morgan fingerprint density at radius 1 is 1.18 bits per heavy atom. The van der Waals surface area contributed by atoms with Gasteiger partial charge in [0.05, 0.1) is 6.61 Å². The smallest absolute Gasteiger partial charge is 0.246 e. The molecule has 0 aromatic heterocycles. The van der Waals surface area contributed by atoms with Gasteiger partial charge >= 0.3 is 0 Å². The van der Waals surface area contributed by atoms with Gasteiger partial charge in [-0.1, -0.05) is 20.3 Å². The first-order valence-corrected chi connectivity index (χ1v) is 11.9. The highest BCUT2D eigenvalue weighted by Gasteiger charge is 2.40. The van der Waals surface area contributed by atoms with Crippen LogP contribution in [0.5, 0.6) is 5.75 Å². The number of benzene rings is 1. The highest BCUT2D eigenvalue weighted by atomic mass is 32.2. The predicted molar refractivity (Wildman–Crippen MR) is 110 cm³/mol. The fraction of sp³-hybridized carbons (Fsp3) is 0.667. The maximum Gasteiger partial charge on any atom is 0.246 e. The number of nitrogens with zero attached hydrogens (tertiary/aromatic N) is 1. The summed E-state index contributed by atoms with van der Waals surface area (Å²) < 4.78 is 33.0. The molecule has 2 bridgehead atoms. The van der Waals surface area contributed by atoms with E-state index in [1.54, 1.807) is 12.1 Å². The van der Waals surface area contributed by atoms with Crippen molar-refractivity contribution in [2.75, 3.05) is 25.0 Å². The van der Waals surface area contributed by atoms with Crippen LogP contribution in [-0.4, -0.2) is 38.3 Å². The fourth-order valence-electron chi connectivity index (χ4n) is 4.84. The minimum absolute atomic E-state index is 0.0344. The van der Waals surface area contributed by atoms with Crippen LogP contribution >= 0.6 is 0 Å². The highest BCUT2D eigenvalue weighted by molar-refractivity contribution is 7.89. The summed E-state index contributed by atoms with van der Waals surface area (Å²) in [6.45, 7) is 6.57. The Morgan fingerprint density at radius 2 is 1.93 bits per heavy atom. The van der Waals surface area contributed by atoms with Crippen LogP contribution in [0.1, 0.15) is 52.9 Å². The number of hydrogen-bond acceptors (Lipinski definition) is 4. The summed E-state index contributed by atoms with van der Waals surface area (Å²) in [6.07, 6.45) is 5.51. The normalized spacial score (nSPS) is 23.9. The molecule has 3 rings (SSSR count). The zero-order valence-corrected chi connectivity index (χ0v) is 17.9. The van der Waals surface area contributed by atoms with Crippen LogP contribution in [0.2, 0.25) is 0 Å². The van der Waals surface area contributed by atoms with Crippen LogP contribution in [0, 0.1) is 17.8 Å². The van der Waals surface area contributed by atoms with E-state index >= 15 is 0 Å². The van der Waals surface area contributed by atoms with Gasteiger partial charge in [0.25, 0.3) is 0 Å². The Bertz CT molecular complexity index is 805. The van der Waals surface area contributed by atoms with Crippen molar-refractivity contribution in [2.45, 2.75) is 57.8 Å². The number of carbonyl (C=O) groups excluding carboxylic acids is 1. The molecule has 156 valence electrons. The molecular formula is C21H32N2O4S. The molecule has 7 heteroatoms. The molecule has 1 amide bonds. The molecule has 0 heterocycles. The number of nitrogens with one attached hydrogen (secondary N) is 1. The van der Waals surface area contributed by atoms with E-state index in [4.69, 9.17) is 4.74 Å². The van der Waals surface area contributed by atoms with E-state index in [0.717, 1.165) is 12.3 Å². The number of rotatable bonds is 9. The Hall–Kier alpha value is -1.60. The highest BCUT2D eigenvalue weighted by Crippen LogP contribution is 2.49. The predicted octanol–water partition coefficient (Wildman–Crippen LogP) is 3.88. The molecule has 2 aliphatic carbocycles. The molecule has 3 atom stereocenters. The molecule has 6 nitrogen and oxygen atoms in total. The lowest BCUT2D eigenvalue weighted by Gasteiger charge is -2.22. The van der Waals surface area contributed by atoms with Gasteiger partial charge in [-0.05, 0) is 62.1 Å². The first-order valence-electron chi connectivity index (χ1n) is 10.5. The van der Waals surface area contributed by atoms with Crippen molar-refractivity contribution in [1.29, 1.82) is 0 Å². The van der Waals surface area contributed by atoms with Gasteiger partial charge in [-0.25, -0.2) is 8.42 Å². The number of anilines is 1. The summed E-state index contributed by atoms with van der Waals surface area (Å²) in [5.41, 5.74) is 0.502. The van der Waals surface area contributed by atoms with Gasteiger partial charge in [0.15, 0.2) is 0 Å². The van der Waals surface area contributed by atoms with Gasteiger partial charge in [-0.3, -0.25) is 4.79 Å². The topological polar surface area (TPSA) is 75.7 Å². The number of amides is 1.